The van der Waals surface area contributed by atoms with Gasteiger partial charge in [-0.15, -0.1) is 0 Å². The molecular weight excluding hydrogens is 474 g/mol. The fourth-order valence-corrected chi connectivity index (χ4v) is 1.24. The van der Waals surface area contributed by atoms with E-state index in [1.807, 2.05) is 35.8 Å². The lowest BCUT2D eigenvalue weighted by Gasteiger charge is -2.10. The zero-order valence-corrected chi connectivity index (χ0v) is 21.2. The number of methoxy groups -OCH3 is 2. The second-order valence-corrected chi connectivity index (χ2v) is 6.43. The minimum atomic E-state index is -0.789. The zero-order chi connectivity index (χ0) is 27.8. The van der Waals surface area contributed by atoms with E-state index in [0.717, 1.165) is 0 Å². The van der Waals surface area contributed by atoms with Crippen LogP contribution in [0.4, 0.5) is 19.2 Å². The molecule has 0 heterocycles. The molecule has 0 unspecified atom stereocenters. The molecule has 204 valence electrons. The number of carbonyl (C=O) groups excluding carboxylic acids is 6. The molecule has 17 heteroatoms. The fourth-order valence-electron chi connectivity index (χ4n) is 1.24. The van der Waals surface area contributed by atoms with E-state index in [9.17, 15) is 28.8 Å². The Balaban J connectivity index is -0.000000525. The van der Waals surface area contributed by atoms with Crippen LogP contribution in [-0.2, 0) is 28.5 Å². The molecule has 0 aromatic rings. The molecule has 0 radical (unpaired) electrons. The Morgan fingerprint density at radius 1 is 0.600 bits per heavy atom. The van der Waals surface area contributed by atoms with Crippen LogP contribution in [0.25, 0.3) is 0 Å². The monoisotopic (exact) mass is 511 g/mol. The number of ether oxygens (including phenoxy) is 4. The summed E-state index contributed by atoms with van der Waals surface area (Å²) in [5.41, 5.74) is 7.93. The Morgan fingerprint density at radius 2 is 0.886 bits per heavy atom. The third-order valence-corrected chi connectivity index (χ3v) is 2.48. The van der Waals surface area contributed by atoms with E-state index >= 15 is 0 Å². The molecule has 0 atom stereocenters. The Labute approximate surface area is 203 Å². The van der Waals surface area contributed by atoms with Gasteiger partial charge in [-0.1, -0.05) is 0 Å². The van der Waals surface area contributed by atoms with Crippen LogP contribution in [0, 0.1) is 0 Å². The quantitative estimate of drug-likeness (QED) is 0.128. The number of nitrogens with one attached hydrogen (secondary N) is 7. The summed E-state index contributed by atoms with van der Waals surface area (Å²) in [6.45, 7) is 6.08. The molecule has 17 nitrogen and oxygen atoms in total. The number of rotatable bonds is 6. The zero-order valence-electron chi connectivity index (χ0n) is 21.2. The van der Waals surface area contributed by atoms with E-state index in [1.165, 1.54) is 14.2 Å². The Kier molecular flexibility index (Phi) is 23.5. The van der Waals surface area contributed by atoms with Crippen molar-refractivity contribution in [1.82, 2.24) is 37.7 Å². The van der Waals surface area contributed by atoms with E-state index in [-0.39, 0.29) is 25.3 Å². The van der Waals surface area contributed by atoms with Crippen molar-refractivity contribution in [3.8, 4) is 0 Å². The van der Waals surface area contributed by atoms with Crippen molar-refractivity contribution < 1.29 is 47.7 Å². The number of hydrogen-bond acceptors (Lipinski definition) is 11. The summed E-state index contributed by atoms with van der Waals surface area (Å²) in [6, 6.07) is -1.49. The molecule has 0 aliphatic rings. The molecule has 7 N–H and O–H groups in total. The van der Waals surface area contributed by atoms with Gasteiger partial charge in [-0.05, 0) is 41.8 Å². The molecular formula is C18H37N7O10. The minimum Gasteiger partial charge on any atom is -0.468 e. The molecule has 0 aliphatic carbocycles. The van der Waals surface area contributed by atoms with Crippen molar-refractivity contribution in [2.75, 3.05) is 41.4 Å². The lowest BCUT2D eigenvalue weighted by Crippen LogP contribution is -2.48. The highest BCUT2D eigenvalue weighted by Gasteiger charge is 2.09. The lowest BCUT2D eigenvalue weighted by molar-refractivity contribution is -0.140. The maximum atomic E-state index is 11.0. The largest absolute Gasteiger partial charge is 0.468 e. The summed E-state index contributed by atoms with van der Waals surface area (Å²) in [5, 5.41) is 7.04. The number of hydrogen-bond donors (Lipinski definition) is 7. The van der Waals surface area contributed by atoms with Crippen LogP contribution < -0.4 is 37.7 Å². The van der Waals surface area contributed by atoms with Crippen LogP contribution in [0.1, 0.15) is 27.7 Å². The number of urea groups is 2. The van der Waals surface area contributed by atoms with Crippen LogP contribution in [-0.4, -0.2) is 89.8 Å². The minimum absolute atomic E-state index is 0.288. The maximum absolute atomic E-state index is 11.0. The smallest absolute Gasteiger partial charge is 0.426 e. The van der Waals surface area contributed by atoms with Crippen molar-refractivity contribution in [3.05, 3.63) is 0 Å². The Bertz CT molecular complexity index is 606. The van der Waals surface area contributed by atoms with Crippen molar-refractivity contribution in [1.29, 1.82) is 0 Å². The maximum Gasteiger partial charge on any atom is 0.426 e. The van der Waals surface area contributed by atoms with Crippen LogP contribution in [0.5, 0.6) is 0 Å². The summed E-state index contributed by atoms with van der Waals surface area (Å²) >= 11 is 0. The first-order valence-corrected chi connectivity index (χ1v) is 10.1. The van der Waals surface area contributed by atoms with Crippen LogP contribution in [0.2, 0.25) is 0 Å². The number of amides is 6. The number of carbonyl (C=O) groups is 6. The van der Waals surface area contributed by atoms with Gasteiger partial charge in [0.15, 0.2) is 0 Å². The Hall–Kier alpha value is -4.02. The standard InChI is InChI=1S/2C8H15N3O5.C2H7N/c2*1-5(2)16-8(14)11-10-7(13)9-4-6(12)15-3;1-3-2/h2*5H,4H2,1-3H3,(H,11,14)(H2,9,10,13);3H,1-2H3. The Morgan fingerprint density at radius 3 is 1.11 bits per heavy atom. The highest BCUT2D eigenvalue weighted by molar-refractivity contribution is 5.82. The molecule has 0 aromatic carbocycles. The van der Waals surface area contributed by atoms with Gasteiger partial charge < -0.3 is 34.9 Å². The summed E-state index contributed by atoms with van der Waals surface area (Å²) in [7, 11) is 6.14. The molecule has 0 rings (SSSR count). The van der Waals surface area contributed by atoms with Gasteiger partial charge in [0.25, 0.3) is 0 Å². The van der Waals surface area contributed by atoms with Gasteiger partial charge >= 0.3 is 36.2 Å². The van der Waals surface area contributed by atoms with Gasteiger partial charge in [0.05, 0.1) is 26.4 Å². The predicted molar refractivity (Wildman–Crippen MR) is 122 cm³/mol. The van der Waals surface area contributed by atoms with E-state index < -0.39 is 36.2 Å². The molecule has 0 saturated carbocycles. The molecule has 0 bridgehead atoms. The summed E-state index contributed by atoms with van der Waals surface area (Å²) in [5.74, 6) is -1.19. The van der Waals surface area contributed by atoms with Crippen LogP contribution in [0.3, 0.4) is 0 Å². The second kappa shape index (κ2) is 23.1. The molecule has 0 aromatic heterocycles. The first-order valence-electron chi connectivity index (χ1n) is 10.1. The van der Waals surface area contributed by atoms with Gasteiger partial charge in [0, 0.05) is 0 Å². The predicted octanol–water partition coefficient (Wildman–Crippen LogP) is -1.15. The third kappa shape index (κ3) is 30.0. The molecule has 0 fully saturated rings. The van der Waals surface area contributed by atoms with Crippen molar-refractivity contribution in [3.63, 3.8) is 0 Å². The normalized spacial score (nSPS) is 8.97. The lowest BCUT2D eigenvalue weighted by atomic mass is 10.5. The topological polar surface area (TPSA) is 224 Å². The number of esters is 2. The fraction of sp³-hybridized carbons (Fsp3) is 0.667. The molecule has 0 spiro atoms. The van der Waals surface area contributed by atoms with Crippen molar-refractivity contribution in [2.45, 2.75) is 39.9 Å². The highest BCUT2D eigenvalue weighted by atomic mass is 16.6. The van der Waals surface area contributed by atoms with Gasteiger partial charge in [0.2, 0.25) is 0 Å². The third-order valence-electron chi connectivity index (χ3n) is 2.48. The van der Waals surface area contributed by atoms with Gasteiger partial charge in [0.1, 0.15) is 13.1 Å². The van der Waals surface area contributed by atoms with Gasteiger partial charge in [-0.3, -0.25) is 9.59 Å². The van der Waals surface area contributed by atoms with Gasteiger partial charge in [-0.2, -0.15) is 0 Å². The van der Waals surface area contributed by atoms with E-state index in [1.54, 1.807) is 27.7 Å². The summed E-state index contributed by atoms with van der Waals surface area (Å²) in [6.07, 6.45) is -2.16. The average molecular weight is 512 g/mol. The first-order chi connectivity index (χ1) is 16.3. The van der Waals surface area contributed by atoms with Crippen LogP contribution >= 0.6 is 0 Å². The highest BCUT2D eigenvalue weighted by Crippen LogP contribution is 1.87. The molecule has 0 saturated heterocycles. The summed E-state index contributed by atoms with van der Waals surface area (Å²) < 4.78 is 17.9. The molecule has 0 aliphatic heterocycles. The van der Waals surface area contributed by atoms with Crippen LogP contribution in [0.15, 0.2) is 0 Å². The average Bonchev–Trinajstić information content (AvgIpc) is 2.78. The van der Waals surface area contributed by atoms with Gasteiger partial charge in [-0.25, -0.2) is 40.9 Å². The number of hydrazine groups is 2. The van der Waals surface area contributed by atoms with Crippen molar-refractivity contribution in [2.24, 2.45) is 0 Å². The molecule has 6 amide bonds. The van der Waals surface area contributed by atoms with E-state index in [4.69, 9.17) is 0 Å². The summed E-state index contributed by atoms with van der Waals surface area (Å²) in [4.78, 5) is 64.9. The van der Waals surface area contributed by atoms with E-state index in [0.29, 0.717) is 0 Å². The SMILES string of the molecule is CNC.COC(=O)CNC(=O)NNC(=O)OC(C)C.COC(=O)CNC(=O)NNC(=O)OC(C)C. The second-order valence-electron chi connectivity index (χ2n) is 6.43. The molecule has 35 heavy (non-hydrogen) atoms. The van der Waals surface area contributed by atoms with Crippen molar-refractivity contribution >= 4 is 36.2 Å². The first kappa shape index (κ1) is 35.6. The van der Waals surface area contributed by atoms with E-state index in [2.05, 4.69) is 34.9 Å².